The Labute approximate surface area is 87.8 Å². The predicted octanol–water partition coefficient (Wildman–Crippen LogP) is -1.36. The predicted molar refractivity (Wildman–Crippen MR) is 50.4 cm³/mol. The number of ether oxygens (including phenoxy) is 2. The van der Waals surface area contributed by atoms with Crippen molar-refractivity contribution in [2.45, 2.75) is 6.92 Å². The highest BCUT2D eigenvalue weighted by molar-refractivity contribution is 7.90. The van der Waals surface area contributed by atoms with Crippen molar-refractivity contribution in [2.24, 2.45) is 0 Å². The second-order valence-corrected chi connectivity index (χ2v) is 4.27. The Morgan fingerprint density at radius 2 is 1.87 bits per heavy atom. The summed E-state index contributed by atoms with van der Waals surface area (Å²) in [7, 11) is -2.76. The normalized spacial score (nSPS) is 10.8. The SMILES string of the molecule is CCOC(=O)CNS(=O)(=O)CC(=O)OC. The highest BCUT2D eigenvalue weighted by Gasteiger charge is 2.17. The van der Waals surface area contributed by atoms with Gasteiger partial charge in [-0.3, -0.25) is 9.59 Å². The van der Waals surface area contributed by atoms with Gasteiger partial charge in [0.25, 0.3) is 0 Å². The standard InChI is InChI=1S/C7H13NO6S/c1-3-14-6(9)4-8-15(11,12)5-7(10)13-2/h8H,3-5H2,1-2H3. The molecule has 0 bridgehead atoms. The van der Waals surface area contributed by atoms with Crippen LogP contribution in [0, 0.1) is 0 Å². The molecule has 7 nitrogen and oxygen atoms in total. The van der Waals surface area contributed by atoms with E-state index >= 15 is 0 Å². The van der Waals surface area contributed by atoms with Gasteiger partial charge in [-0.15, -0.1) is 0 Å². The van der Waals surface area contributed by atoms with Gasteiger partial charge in [-0.1, -0.05) is 0 Å². The molecule has 0 aromatic heterocycles. The van der Waals surface area contributed by atoms with Crippen LogP contribution in [0.1, 0.15) is 6.92 Å². The first-order valence-electron chi connectivity index (χ1n) is 4.11. The number of carbonyl (C=O) groups is 2. The minimum Gasteiger partial charge on any atom is -0.468 e. The van der Waals surface area contributed by atoms with Crippen molar-refractivity contribution in [1.29, 1.82) is 0 Å². The quantitative estimate of drug-likeness (QED) is 0.575. The first-order chi connectivity index (χ1) is 6.91. The van der Waals surface area contributed by atoms with Crippen molar-refractivity contribution in [3.8, 4) is 0 Å². The highest BCUT2D eigenvalue weighted by Crippen LogP contribution is 1.87. The lowest BCUT2D eigenvalue weighted by Crippen LogP contribution is -2.35. The fraction of sp³-hybridized carbons (Fsp3) is 0.714. The topological polar surface area (TPSA) is 98.8 Å². The zero-order chi connectivity index (χ0) is 11.9. The minimum atomic E-state index is -3.83. The molecule has 0 spiro atoms. The van der Waals surface area contributed by atoms with E-state index in [-0.39, 0.29) is 6.61 Å². The lowest BCUT2D eigenvalue weighted by molar-refractivity contribution is -0.142. The molecule has 1 N–H and O–H groups in total. The molecule has 0 radical (unpaired) electrons. The van der Waals surface area contributed by atoms with E-state index in [1.807, 2.05) is 4.72 Å². The van der Waals surface area contributed by atoms with E-state index in [9.17, 15) is 18.0 Å². The summed E-state index contributed by atoms with van der Waals surface area (Å²) in [5.74, 6) is -2.42. The molecule has 0 saturated carbocycles. The number of methoxy groups -OCH3 is 1. The van der Waals surface area contributed by atoms with Crippen molar-refractivity contribution in [2.75, 3.05) is 26.0 Å². The summed E-state index contributed by atoms with van der Waals surface area (Å²) < 4.78 is 32.7. The molecular weight excluding hydrogens is 226 g/mol. The summed E-state index contributed by atoms with van der Waals surface area (Å²) in [5, 5.41) is 0. The van der Waals surface area contributed by atoms with Crippen LogP contribution in [0.25, 0.3) is 0 Å². The van der Waals surface area contributed by atoms with Crippen molar-refractivity contribution < 1.29 is 27.5 Å². The first kappa shape index (κ1) is 13.8. The summed E-state index contributed by atoms with van der Waals surface area (Å²) >= 11 is 0. The Bertz CT molecular complexity index is 322. The van der Waals surface area contributed by atoms with Gasteiger partial charge in [0.15, 0.2) is 5.75 Å². The second-order valence-electron chi connectivity index (χ2n) is 2.46. The number of rotatable bonds is 6. The second kappa shape index (κ2) is 6.36. The van der Waals surface area contributed by atoms with Gasteiger partial charge in [0.05, 0.1) is 13.7 Å². The number of nitrogens with one attached hydrogen (secondary N) is 1. The summed E-state index contributed by atoms with van der Waals surface area (Å²) in [6.07, 6.45) is 0. The van der Waals surface area contributed by atoms with Crippen LogP contribution in [0.3, 0.4) is 0 Å². The van der Waals surface area contributed by atoms with E-state index in [0.29, 0.717) is 0 Å². The molecule has 88 valence electrons. The number of hydrogen-bond donors (Lipinski definition) is 1. The Morgan fingerprint density at radius 3 is 2.33 bits per heavy atom. The van der Waals surface area contributed by atoms with Crippen molar-refractivity contribution in [3.05, 3.63) is 0 Å². The molecule has 0 fully saturated rings. The molecule has 0 aliphatic heterocycles. The number of esters is 2. The van der Waals surface area contributed by atoms with Crippen molar-refractivity contribution in [3.63, 3.8) is 0 Å². The van der Waals surface area contributed by atoms with Crippen LogP contribution in [0.4, 0.5) is 0 Å². The lowest BCUT2D eigenvalue weighted by atomic mass is 10.7. The molecule has 0 aliphatic carbocycles. The van der Waals surface area contributed by atoms with Gasteiger partial charge in [0, 0.05) is 0 Å². The van der Waals surface area contributed by atoms with Crippen LogP contribution in [0.2, 0.25) is 0 Å². The maximum absolute atomic E-state index is 11.1. The minimum absolute atomic E-state index is 0.164. The van der Waals surface area contributed by atoms with Crippen LogP contribution in [-0.4, -0.2) is 46.4 Å². The maximum atomic E-state index is 11.1. The van der Waals surface area contributed by atoms with Gasteiger partial charge < -0.3 is 9.47 Å². The third kappa shape index (κ3) is 6.86. The van der Waals surface area contributed by atoms with E-state index < -0.39 is 34.3 Å². The average Bonchev–Trinajstić information content (AvgIpc) is 2.15. The highest BCUT2D eigenvalue weighted by atomic mass is 32.2. The molecule has 0 aromatic rings. The fourth-order valence-electron chi connectivity index (χ4n) is 0.646. The Kier molecular flexibility index (Phi) is 5.87. The van der Waals surface area contributed by atoms with Gasteiger partial charge in [0.1, 0.15) is 6.54 Å². The summed E-state index contributed by atoms with van der Waals surface area (Å²) in [6, 6.07) is 0. The zero-order valence-corrected chi connectivity index (χ0v) is 9.30. The number of carbonyl (C=O) groups excluding carboxylic acids is 2. The molecule has 0 atom stereocenters. The zero-order valence-electron chi connectivity index (χ0n) is 8.48. The van der Waals surface area contributed by atoms with Crippen molar-refractivity contribution >= 4 is 22.0 Å². The maximum Gasteiger partial charge on any atom is 0.322 e. The fourth-order valence-corrected chi connectivity index (χ4v) is 1.51. The van der Waals surface area contributed by atoms with Gasteiger partial charge in [-0.05, 0) is 6.92 Å². The van der Waals surface area contributed by atoms with E-state index in [1.54, 1.807) is 6.92 Å². The monoisotopic (exact) mass is 239 g/mol. The van der Waals surface area contributed by atoms with E-state index in [0.717, 1.165) is 7.11 Å². The third-order valence-electron chi connectivity index (χ3n) is 1.28. The molecule has 0 aromatic carbocycles. The molecule has 0 amide bonds. The van der Waals surface area contributed by atoms with Gasteiger partial charge >= 0.3 is 11.9 Å². The lowest BCUT2D eigenvalue weighted by Gasteiger charge is -2.04. The van der Waals surface area contributed by atoms with Gasteiger partial charge in [-0.2, -0.15) is 0 Å². The summed E-state index contributed by atoms with van der Waals surface area (Å²) in [5.41, 5.74) is 0. The molecule has 15 heavy (non-hydrogen) atoms. The average molecular weight is 239 g/mol. The van der Waals surface area contributed by atoms with E-state index in [2.05, 4.69) is 9.47 Å². The van der Waals surface area contributed by atoms with E-state index in [4.69, 9.17) is 0 Å². The third-order valence-corrected chi connectivity index (χ3v) is 2.48. The molecule has 0 aliphatic rings. The van der Waals surface area contributed by atoms with Crippen LogP contribution in [-0.2, 0) is 29.1 Å². The van der Waals surface area contributed by atoms with E-state index in [1.165, 1.54) is 0 Å². The number of hydrogen-bond acceptors (Lipinski definition) is 6. The van der Waals surface area contributed by atoms with Crippen LogP contribution in [0.15, 0.2) is 0 Å². The smallest absolute Gasteiger partial charge is 0.322 e. The molecular formula is C7H13NO6S. The molecule has 0 rings (SSSR count). The van der Waals surface area contributed by atoms with Crippen LogP contribution in [0.5, 0.6) is 0 Å². The van der Waals surface area contributed by atoms with Crippen LogP contribution < -0.4 is 4.72 Å². The summed E-state index contributed by atoms with van der Waals surface area (Å²) in [4.78, 5) is 21.4. The van der Waals surface area contributed by atoms with Gasteiger partial charge in [-0.25, -0.2) is 13.1 Å². The van der Waals surface area contributed by atoms with Gasteiger partial charge in [0.2, 0.25) is 10.0 Å². The molecule has 0 unspecified atom stereocenters. The summed E-state index contributed by atoms with van der Waals surface area (Å²) in [6.45, 7) is 1.27. The number of sulfonamides is 1. The largest absolute Gasteiger partial charge is 0.468 e. The first-order valence-corrected chi connectivity index (χ1v) is 5.76. The van der Waals surface area contributed by atoms with Crippen LogP contribution >= 0.6 is 0 Å². The van der Waals surface area contributed by atoms with Crippen molar-refractivity contribution in [1.82, 2.24) is 4.72 Å². The Morgan fingerprint density at radius 1 is 1.27 bits per heavy atom. The Balaban J connectivity index is 4.05. The Hall–Kier alpha value is -1.15. The molecule has 0 saturated heterocycles. The molecule has 0 heterocycles. The molecule has 8 heteroatoms.